The van der Waals surface area contributed by atoms with E-state index in [1.165, 1.54) is 18.1 Å². The van der Waals surface area contributed by atoms with E-state index in [1.807, 2.05) is 38.1 Å². The normalized spacial score (nSPS) is 12.7. The lowest BCUT2D eigenvalue weighted by molar-refractivity contribution is -0.135. The van der Waals surface area contributed by atoms with Crippen molar-refractivity contribution in [3.63, 3.8) is 0 Å². The zero-order chi connectivity index (χ0) is 22.3. The molecule has 2 rings (SSSR count). The lowest BCUT2D eigenvalue weighted by Crippen LogP contribution is -2.46. The Labute approximate surface area is 177 Å². The van der Waals surface area contributed by atoms with Crippen molar-refractivity contribution >= 4 is 17.5 Å². The average Bonchev–Trinajstić information content (AvgIpc) is 2.73. The maximum Gasteiger partial charge on any atom is 0.243 e. The van der Waals surface area contributed by atoms with Gasteiger partial charge in [-0.2, -0.15) is 0 Å². The molecule has 2 unspecified atom stereocenters. The summed E-state index contributed by atoms with van der Waals surface area (Å²) in [7, 11) is 3.00. The molecule has 162 valence electrons. The van der Waals surface area contributed by atoms with Gasteiger partial charge in [-0.25, -0.2) is 4.39 Å². The maximum absolute atomic E-state index is 13.9. The minimum absolute atomic E-state index is 0.0611. The van der Waals surface area contributed by atoms with Crippen LogP contribution in [0.2, 0.25) is 0 Å². The van der Waals surface area contributed by atoms with Gasteiger partial charge in [0.05, 0.1) is 19.7 Å². The van der Waals surface area contributed by atoms with E-state index in [4.69, 9.17) is 4.74 Å². The quantitative estimate of drug-likeness (QED) is 0.657. The number of nitrogens with one attached hydrogen (secondary N) is 2. The van der Waals surface area contributed by atoms with Gasteiger partial charge in [0.1, 0.15) is 0 Å². The van der Waals surface area contributed by atoms with Gasteiger partial charge in [0.25, 0.3) is 0 Å². The van der Waals surface area contributed by atoms with Crippen LogP contribution in [0.25, 0.3) is 0 Å². The van der Waals surface area contributed by atoms with Gasteiger partial charge in [0, 0.05) is 18.8 Å². The van der Waals surface area contributed by atoms with E-state index in [-0.39, 0.29) is 30.2 Å². The Hall–Kier alpha value is -2.93. The second-order valence-corrected chi connectivity index (χ2v) is 7.26. The third-order valence-corrected chi connectivity index (χ3v) is 4.98. The molecule has 0 spiro atoms. The Morgan fingerprint density at radius 2 is 1.87 bits per heavy atom. The van der Waals surface area contributed by atoms with Gasteiger partial charge >= 0.3 is 0 Å². The minimum atomic E-state index is -0.550. The Kier molecular flexibility index (Phi) is 8.35. The van der Waals surface area contributed by atoms with Crippen molar-refractivity contribution in [3.8, 4) is 5.75 Å². The number of ether oxygens (including phenoxy) is 1. The number of likely N-dealkylation sites (N-methyl/N-ethyl adjacent to an activating group) is 1. The topological polar surface area (TPSA) is 70.7 Å². The summed E-state index contributed by atoms with van der Waals surface area (Å²) in [6.45, 7) is 5.53. The number of hydrogen-bond acceptors (Lipinski definition) is 4. The molecule has 0 aliphatic heterocycles. The molecule has 6 nitrogen and oxygen atoms in total. The molecule has 30 heavy (non-hydrogen) atoms. The molecule has 2 amide bonds. The molecule has 0 saturated heterocycles. The first kappa shape index (κ1) is 23.3. The fourth-order valence-corrected chi connectivity index (χ4v) is 3.26. The molecule has 0 radical (unpaired) electrons. The fraction of sp³-hybridized carbons (Fsp3) is 0.391. The molecule has 2 atom stereocenters. The molecule has 0 aromatic heterocycles. The summed E-state index contributed by atoms with van der Waals surface area (Å²) in [4.78, 5) is 26.4. The number of anilines is 1. The van der Waals surface area contributed by atoms with Gasteiger partial charge < -0.3 is 15.0 Å². The fourth-order valence-electron chi connectivity index (χ4n) is 3.26. The van der Waals surface area contributed by atoms with Crippen molar-refractivity contribution in [2.24, 2.45) is 0 Å². The molecule has 2 N–H and O–H groups in total. The first-order valence-corrected chi connectivity index (χ1v) is 9.99. The third-order valence-electron chi connectivity index (χ3n) is 4.98. The number of nitrogens with zero attached hydrogens (tertiary/aromatic N) is 1. The molecule has 0 aliphatic rings. The van der Waals surface area contributed by atoms with Gasteiger partial charge in [-0.05, 0) is 49.6 Å². The third kappa shape index (κ3) is 6.03. The van der Waals surface area contributed by atoms with Crippen molar-refractivity contribution in [1.82, 2.24) is 10.2 Å². The summed E-state index contributed by atoms with van der Waals surface area (Å²) in [6, 6.07) is 11.5. The summed E-state index contributed by atoms with van der Waals surface area (Å²) >= 11 is 0. The molecular formula is C23H30FN3O3. The van der Waals surface area contributed by atoms with Gasteiger partial charge in [-0.15, -0.1) is 0 Å². The minimum Gasteiger partial charge on any atom is -0.494 e. The molecule has 0 saturated carbocycles. The van der Waals surface area contributed by atoms with E-state index in [0.717, 1.165) is 17.7 Å². The zero-order valence-electron chi connectivity index (χ0n) is 18.2. The van der Waals surface area contributed by atoms with Gasteiger partial charge in [-0.3, -0.25) is 14.9 Å². The summed E-state index contributed by atoms with van der Waals surface area (Å²) < 4.78 is 18.9. The van der Waals surface area contributed by atoms with Gasteiger partial charge in [-0.1, -0.05) is 31.2 Å². The van der Waals surface area contributed by atoms with E-state index in [2.05, 4.69) is 10.6 Å². The molecule has 2 aromatic rings. The van der Waals surface area contributed by atoms with Crippen LogP contribution in [0.4, 0.5) is 10.1 Å². The highest BCUT2D eigenvalue weighted by atomic mass is 19.1. The van der Waals surface area contributed by atoms with Crippen LogP contribution in [0.15, 0.2) is 42.5 Å². The number of methoxy groups -OCH3 is 1. The van der Waals surface area contributed by atoms with Gasteiger partial charge in [0.15, 0.2) is 11.6 Å². The summed E-state index contributed by atoms with van der Waals surface area (Å²) in [5.41, 5.74) is 2.49. The largest absolute Gasteiger partial charge is 0.494 e. The van der Waals surface area contributed by atoms with E-state index in [9.17, 15) is 14.0 Å². The summed E-state index contributed by atoms with van der Waals surface area (Å²) in [5, 5.41) is 6.02. The Bertz CT molecular complexity index is 888. The number of carbonyl (C=O) groups excluding carboxylic acids is 2. The highest BCUT2D eigenvalue weighted by Crippen LogP contribution is 2.22. The Morgan fingerprint density at radius 1 is 1.17 bits per heavy atom. The van der Waals surface area contributed by atoms with Crippen LogP contribution in [-0.4, -0.2) is 43.5 Å². The number of benzene rings is 2. The van der Waals surface area contributed by atoms with E-state index in [0.29, 0.717) is 5.56 Å². The van der Waals surface area contributed by atoms with Crippen LogP contribution >= 0.6 is 0 Å². The molecule has 7 heteroatoms. The van der Waals surface area contributed by atoms with Crippen molar-refractivity contribution in [2.45, 2.75) is 39.3 Å². The SMILES string of the molecule is CCc1ccccc1NC(=O)CN(C)C(=O)C(C)NC(C)c1ccc(OC)c(F)c1. The van der Waals surface area contributed by atoms with Crippen LogP contribution < -0.4 is 15.4 Å². The molecule has 0 aliphatic carbocycles. The smallest absolute Gasteiger partial charge is 0.243 e. The van der Waals surface area contributed by atoms with E-state index in [1.54, 1.807) is 26.1 Å². The molecular weight excluding hydrogens is 385 g/mol. The van der Waals surface area contributed by atoms with Crippen molar-refractivity contribution in [1.29, 1.82) is 0 Å². The Morgan fingerprint density at radius 3 is 2.50 bits per heavy atom. The van der Waals surface area contributed by atoms with Crippen LogP contribution in [0.1, 0.15) is 37.9 Å². The van der Waals surface area contributed by atoms with Crippen LogP contribution in [-0.2, 0) is 16.0 Å². The monoisotopic (exact) mass is 415 g/mol. The predicted molar refractivity (Wildman–Crippen MR) is 116 cm³/mol. The summed E-state index contributed by atoms with van der Waals surface area (Å²) in [5.74, 6) is -0.770. The summed E-state index contributed by atoms with van der Waals surface area (Å²) in [6.07, 6.45) is 0.802. The molecule has 2 aromatic carbocycles. The molecule has 0 heterocycles. The second kappa shape index (κ2) is 10.7. The number of hydrogen-bond donors (Lipinski definition) is 2. The number of para-hydroxylation sites is 1. The van der Waals surface area contributed by atoms with Crippen molar-refractivity contribution < 1.29 is 18.7 Å². The highest BCUT2D eigenvalue weighted by molar-refractivity contribution is 5.95. The first-order chi connectivity index (χ1) is 14.3. The first-order valence-electron chi connectivity index (χ1n) is 9.99. The lowest BCUT2D eigenvalue weighted by atomic mass is 10.1. The number of halogens is 1. The molecule has 0 fully saturated rings. The average molecular weight is 416 g/mol. The maximum atomic E-state index is 13.9. The van der Waals surface area contributed by atoms with Crippen LogP contribution in [0.5, 0.6) is 5.75 Å². The number of amides is 2. The highest BCUT2D eigenvalue weighted by Gasteiger charge is 2.22. The van der Waals surface area contributed by atoms with Crippen LogP contribution in [0, 0.1) is 5.82 Å². The van der Waals surface area contributed by atoms with E-state index >= 15 is 0 Å². The predicted octanol–water partition coefficient (Wildman–Crippen LogP) is 3.53. The van der Waals surface area contributed by atoms with Crippen LogP contribution in [0.3, 0.4) is 0 Å². The zero-order valence-corrected chi connectivity index (χ0v) is 18.2. The molecule has 0 bridgehead atoms. The second-order valence-electron chi connectivity index (χ2n) is 7.26. The number of aryl methyl sites for hydroxylation is 1. The number of rotatable bonds is 9. The lowest BCUT2D eigenvalue weighted by Gasteiger charge is -2.25. The Balaban J connectivity index is 1.93. The standard InChI is InChI=1S/C23H30FN3O3/c1-6-17-9-7-8-10-20(17)26-22(28)14-27(4)23(29)16(3)25-15(2)18-11-12-21(30-5)19(24)13-18/h7-13,15-16,25H,6,14H2,1-5H3,(H,26,28). The van der Waals surface area contributed by atoms with Crippen molar-refractivity contribution in [3.05, 3.63) is 59.4 Å². The van der Waals surface area contributed by atoms with Gasteiger partial charge in [0.2, 0.25) is 11.8 Å². The number of carbonyl (C=O) groups is 2. The van der Waals surface area contributed by atoms with E-state index < -0.39 is 11.9 Å². The van der Waals surface area contributed by atoms with Crippen molar-refractivity contribution in [2.75, 3.05) is 26.0 Å².